The molecular weight excluding hydrogens is 198 g/mol. The zero-order chi connectivity index (χ0) is 11.5. The molecule has 1 aromatic rings. The van der Waals surface area contributed by atoms with Crippen molar-refractivity contribution >= 4 is 5.69 Å². The molecule has 0 saturated carbocycles. The molecule has 0 N–H and O–H groups in total. The largest absolute Gasteiger partial charge is 0.372 e. The van der Waals surface area contributed by atoms with Crippen molar-refractivity contribution in [1.82, 2.24) is 0 Å². The molecule has 1 aliphatic heterocycles. The topological polar surface area (TPSA) is 12.5 Å². The van der Waals surface area contributed by atoms with Gasteiger partial charge < -0.3 is 9.64 Å². The molecule has 16 heavy (non-hydrogen) atoms. The second-order valence-corrected chi connectivity index (χ2v) is 4.68. The molecule has 2 nitrogen and oxygen atoms in total. The first-order valence-electron chi connectivity index (χ1n) is 6.18. The summed E-state index contributed by atoms with van der Waals surface area (Å²) in [5.41, 5.74) is 2.72. The minimum Gasteiger partial charge on any atom is -0.372 e. The Bertz CT molecular complexity index is 323. The molecule has 2 rings (SSSR count). The van der Waals surface area contributed by atoms with Crippen molar-refractivity contribution in [2.45, 2.75) is 39.4 Å². The van der Waals surface area contributed by atoms with Crippen LogP contribution in [0.5, 0.6) is 0 Å². The average Bonchev–Trinajstić information content (AvgIpc) is 2.28. The summed E-state index contributed by atoms with van der Waals surface area (Å²) >= 11 is 0. The van der Waals surface area contributed by atoms with E-state index in [0.29, 0.717) is 12.2 Å². The molecule has 0 aliphatic carbocycles. The van der Waals surface area contributed by atoms with Crippen molar-refractivity contribution in [3.05, 3.63) is 29.8 Å². The van der Waals surface area contributed by atoms with E-state index in [0.717, 1.165) is 19.5 Å². The first kappa shape index (κ1) is 11.5. The number of rotatable bonds is 2. The molecule has 2 atom stereocenters. The zero-order valence-corrected chi connectivity index (χ0v) is 10.4. The van der Waals surface area contributed by atoms with Crippen LogP contribution in [0.25, 0.3) is 0 Å². The van der Waals surface area contributed by atoms with Crippen LogP contribution in [0.4, 0.5) is 5.69 Å². The molecule has 0 radical (unpaired) electrons. The Kier molecular flexibility index (Phi) is 3.49. The van der Waals surface area contributed by atoms with Gasteiger partial charge in [0.2, 0.25) is 0 Å². The normalized spacial score (nSPS) is 25.8. The standard InChI is InChI=1S/C14H21NO/c1-4-13-5-7-14(8-6-13)15-9-11(2)16-12(3)10-15/h5-8,11-12H,4,9-10H2,1-3H3. The van der Waals surface area contributed by atoms with E-state index in [1.807, 2.05) is 0 Å². The van der Waals surface area contributed by atoms with Crippen molar-refractivity contribution in [1.29, 1.82) is 0 Å². The maximum Gasteiger partial charge on any atom is 0.0726 e. The zero-order valence-electron chi connectivity index (χ0n) is 10.4. The van der Waals surface area contributed by atoms with Gasteiger partial charge in [0.25, 0.3) is 0 Å². The second kappa shape index (κ2) is 4.88. The van der Waals surface area contributed by atoms with Crippen molar-refractivity contribution in [2.24, 2.45) is 0 Å². The van der Waals surface area contributed by atoms with Crippen molar-refractivity contribution < 1.29 is 4.74 Å². The molecule has 0 aromatic heterocycles. The third-order valence-corrected chi connectivity index (χ3v) is 3.13. The van der Waals surface area contributed by atoms with Crippen LogP contribution in [0.3, 0.4) is 0 Å². The van der Waals surface area contributed by atoms with Crippen molar-refractivity contribution in [3.8, 4) is 0 Å². The monoisotopic (exact) mass is 219 g/mol. The van der Waals surface area contributed by atoms with Gasteiger partial charge in [-0.3, -0.25) is 0 Å². The molecule has 0 bridgehead atoms. The van der Waals surface area contributed by atoms with E-state index in [4.69, 9.17) is 4.74 Å². The minimum absolute atomic E-state index is 0.328. The van der Waals surface area contributed by atoms with Crippen LogP contribution < -0.4 is 4.90 Å². The maximum atomic E-state index is 5.74. The molecule has 1 heterocycles. The Balaban J connectivity index is 2.10. The van der Waals surface area contributed by atoms with Crippen LogP contribution >= 0.6 is 0 Å². The molecule has 1 saturated heterocycles. The highest BCUT2D eigenvalue weighted by molar-refractivity contribution is 5.48. The number of hydrogen-bond donors (Lipinski definition) is 0. The minimum atomic E-state index is 0.328. The molecule has 88 valence electrons. The Labute approximate surface area is 98.2 Å². The van der Waals surface area contributed by atoms with Gasteiger partial charge in [-0.05, 0) is 38.0 Å². The summed E-state index contributed by atoms with van der Waals surface area (Å²) in [5.74, 6) is 0. The summed E-state index contributed by atoms with van der Waals surface area (Å²) in [7, 11) is 0. The maximum absolute atomic E-state index is 5.74. The van der Waals surface area contributed by atoms with Gasteiger partial charge in [-0.15, -0.1) is 0 Å². The lowest BCUT2D eigenvalue weighted by atomic mass is 10.1. The summed E-state index contributed by atoms with van der Waals surface area (Å²) < 4.78 is 5.74. The number of anilines is 1. The fourth-order valence-electron chi connectivity index (χ4n) is 2.33. The highest BCUT2D eigenvalue weighted by Gasteiger charge is 2.21. The van der Waals surface area contributed by atoms with Crippen LogP contribution in [-0.2, 0) is 11.2 Å². The average molecular weight is 219 g/mol. The second-order valence-electron chi connectivity index (χ2n) is 4.68. The summed E-state index contributed by atoms with van der Waals surface area (Å²) in [4.78, 5) is 2.41. The number of aryl methyl sites for hydroxylation is 1. The summed E-state index contributed by atoms with van der Waals surface area (Å²) in [6, 6.07) is 8.90. The van der Waals surface area contributed by atoms with Gasteiger partial charge >= 0.3 is 0 Å². The fourth-order valence-corrected chi connectivity index (χ4v) is 2.33. The van der Waals surface area contributed by atoms with E-state index < -0.39 is 0 Å². The summed E-state index contributed by atoms with van der Waals surface area (Å²) in [6.07, 6.45) is 1.76. The van der Waals surface area contributed by atoms with E-state index in [2.05, 4.69) is 49.9 Å². The van der Waals surface area contributed by atoms with Gasteiger partial charge in [-0.1, -0.05) is 19.1 Å². The molecule has 2 unspecified atom stereocenters. The van der Waals surface area contributed by atoms with E-state index in [9.17, 15) is 0 Å². The molecule has 1 fully saturated rings. The third-order valence-electron chi connectivity index (χ3n) is 3.13. The van der Waals surface area contributed by atoms with Crippen LogP contribution in [0.1, 0.15) is 26.3 Å². The molecule has 2 heteroatoms. The highest BCUT2D eigenvalue weighted by atomic mass is 16.5. The van der Waals surface area contributed by atoms with Gasteiger partial charge in [-0.2, -0.15) is 0 Å². The molecule has 1 aliphatic rings. The summed E-state index contributed by atoms with van der Waals surface area (Å²) in [6.45, 7) is 8.46. The van der Waals surface area contributed by atoms with Crippen LogP contribution in [0.15, 0.2) is 24.3 Å². The molecule has 0 spiro atoms. The quantitative estimate of drug-likeness (QED) is 0.758. The van der Waals surface area contributed by atoms with E-state index in [-0.39, 0.29) is 0 Å². The molecule has 1 aromatic carbocycles. The lowest BCUT2D eigenvalue weighted by Gasteiger charge is -2.36. The molecular formula is C14H21NO. The van der Waals surface area contributed by atoms with Crippen molar-refractivity contribution in [2.75, 3.05) is 18.0 Å². The van der Waals surface area contributed by atoms with Gasteiger partial charge in [0.15, 0.2) is 0 Å². The van der Waals surface area contributed by atoms with E-state index in [1.54, 1.807) is 0 Å². The van der Waals surface area contributed by atoms with Crippen molar-refractivity contribution in [3.63, 3.8) is 0 Å². The number of hydrogen-bond acceptors (Lipinski definition) is 2. The molecule has 0 amide bonds. The smallest absolute Gasteiger partial charge is 0.0726 e. The fraction of sp³-hybridized carbons (Fsp3) is 0.571. The Morgan fingerprint density at radius 2 is 1.69 bits per heavy atom. The van der Waals surface area contributed by atoms with E-state index in [1.165, 1.54) is 11.3 Å². The third kappa shape index (κ3) is 2.56. The Morgan fingerprint density at radius 3 is 2.19 bits per heavy atom. The van der Waals surface area contributed by atoms with Gasteiger partial charge in [0.1, 0.15) is 0 Å². The van der Waals surface area contributed by atoms with Crippen LogP contribution in [0.2, 0.25) is 0 Å². The lowest BCUT2D eigenvalue weighted by molar-refractivity contribution is -0.00521. The number of benzene rings is 1. The van der Waals surface area contributed by atoms with Gasteiger partial charge in [-0.25, -0.2) is 0 Å². The lowest BCUT2D eigenvalue weighted by Crippen LogP contribution is -2.45. The SMILES string of the molecule is CCc1ccc(N2CC(C)OC(C)C2)cc1. The first-order chi connectivity index (χ1) is 7.69. The van der Waals surface area contributed by atoms with E-state index >= 15 is 0 Å². The van der Waals surface area contributed by atoms with Crippen LogP contribution in [0, 0.1) is 0 Å². The predicted molar refractivity (Wildman–Crippen MR) is 68.0 cm³/mol. The first-order valence-corrected chi connectivity index (χ1v) is 6.18. The van der Waals surface area contributed by atoms with Crippen LogP contribution in [-0.4, -0.2) is 25.3 Å². The van der Waals surface area contributed by atoms with Gasteiger partial charge in [0.05, 0.1) is 12.2 Å². The number of morpholine rings is 1. The summed E-state index contributed by atoms with van der Waals surface area (Å²) in [5, 5.41) is 0. The highest BCUT2D eigenvalue weighted by Crippen LogP contribution is 2.20. The predicted octanol–water partition coefficient (Wildman–Crippen LogP) is 2.86. The Morgan fingerprint density at radius 1 is 1.12 bits per heavy atom. The van der Waals surface area contributed by atoms with Gasteiger partial charge in [0, 0.05) is 18.8 Å². The number of ether oxygens (including phenoxy) is 1. The Hall–Kier alpha value is -1.02. The number of nitrogens with zero attached hydrogens (tertiary/aromatic N) is 1.